The van der Waals surface area contributed by atoms with Crippen LogP contribution in [0.1, 0.15) is 37.3 Å². The van der Waals surface area contributed by atoms with Gasteiger partial charge in [-0.05, 0) is 47.7 Å². The Hall–Kier alpha value is -1.16. The van der Waals surface area contributed by atoms with Crippen LogP contribution in [0.5, 0.6) is 0 Å². The largest absolute Gasteiger partial charge is 0.378 e. The van der Waals surface area contributed by atoms with Crippen LogP contribution in [0.4, 0.5) is 5.69 Å². The van der Waals surface area contributed by atoms with Gasteiger partial charge in [-0.2, -0.15) is 0 Å². The van der Waals surface area contributed by atoms with E-state index in [1.807, 2.05) is 24.3 Å². The lowest BCUT2D eigenvalue weighted by Crippen LogP contribution is -2.06. The zero-order valence-corrected chi connectivity index (χ0v) is 15.6. The zero-order chi connectivity index (χ0) is 16.8. The predicted molar refractivity (Wildman–Crippen MR) is 104 cm³/mol. The van der Waals surface area contributed by atoms with E-state index in [2.05, 4.69) is 31.0 Å². The van der Waals surface area contributed by atoms with Gasteiger partial charge in [-0.15, -0.1) is 0 Å². The molecule has 5 heteroatoms. The number of rotatable bonds is 5. The van der Waals surface area contributed by atoms with Gasteiger partial charge in [0.25, 0.3) is 0 Å². The molecule has 0 saturated heterocycles. The van der Waals surface area contributed by atoms with Gasteiger partial charge in [0, 0.05) is 5.75 Å². The second-order valence-corrected chi connectivity index (χ2v) is 7.20. The molecule has 0 spiro atoms. The fraction of sp³-hybridized carbons (Fsp3) is 0.278. The van der Waals surface area contributed by atoms with Crippen LogP contribution in [0, 0.1) is 0 Å². The molecule has 2 aromatic rings. The molecule has 0 heterocycles. The third-order valence-corrected chi connectivity index (χ3v) is 5.29. The van der Waals surface area contributed by atoms with E-state index in [4.69, 9.17) is 28.9 Å². The van der Waals surface area contributed by atoms with Crippen molar-refractivity contribution in [1.82, 2.24) is 0 Å². The summed E-state index contributed by atoms with van der Waals surface area (Å²) in [6, 6.07) is 13.8. The Kier molecular flexibility index (Phi) is 6.82. The maximum atomic E-state index is 6.01. The molecule has 0 unspecified atom stereocenters. The molecule has 0 aliphatic heterocycles. The molecule has 0 saturated carbocycles. The number of aliphatic imine (C=N–C) groups is 1. The van der Waals surface area contributed by atoms with Crippen LogP contribution in [-0.4, -0.2) is 5.17 Å². The van der Waals surface area contributed by atoms with Crippen molar-refractivity contribution < 1.29 is 0 Å². The molecule has 0 aliphatic rings. The third-order valence-electron chi connectivity index (χ3n) is 3.68. The normalized spacial score (nSPS) is 13.1. The number of benzene rings is 2. The van der Waals surface area contributed by atoms with Crippen LogP contribution in [-0.2, 0) is 5.75 Å². The molecule has 0 amide bonds. The highest BCUT2D eigenvalue weighted by Crippen LogP contribution is 2.26. The van der Waals surface area contributed by atoms with E-state index >= 15 is 0 Å². The van der Waals surface area contributed by atoms with Gasteiger partial charge in [-0.3, -0.25) is 0 Å². The summed E-state index contributed by atoms with van der Waals surface area (Å²) in [5.41, 5.74) is 9.26. The van der Waals surface area contributed by atoms with Crippen molar-refractivity contribution in [2.45, 2.75) is 31.9 Å². The van der Waals surface area contributed by atoms with Crippen LogP contribution < -0.4 is 5.73 Å². The molecule has 0 fully saturated rings. The minimum atomic E-state index is 0.535. The summed E-state index contributed by atoms with van der Waals surface area (Å²) in [5, 5.41) is 1.65. The third kappa shape index (κ3) is 5.45. The summed E-state index contributed by atoms with van der Waals surface area (Å²) in [4.78, 5) is 4.44. The zero-order valence-electron chi connectivity index (χ0n) is 13.2. The van der Waals surface area contributed by atoms with Gasteiger partial charge in [-0.1, -0.05) is 67.0 Å². The quantitative estimate of drug-likeness (QED) is 0.491. The Balaban J connectivity index is 1.98. The number of hydrogen-bond donors (Lipinski definition) is 1. The summed E-state index contributed by atoms with van der Waals surface area (Å²) in [7, 11) is 0. The van der Waals surface area contributed by atoms with Crippen LogP contribution in [0.3, 0.4) is 0 Å². The average molecular weight is 367 g/mol. The molecular weight excluding hydrogens is 347 g/mol. The van der Waals surface area contributed by atoms with Crippen molar-refractivity contribution in [2.75, 3.05) is 0 Å². The van der Waals surface area contributed by atoms with E-state index in [1.165, 1.54) is 17.3 Å². The minimum Gasteiger partial charge on any atom is -0.378 e. The molecule has 0 radical (unpaired) electrons. The lowest BCUT2D eigenvalue weighted by atomic mass is 9.99. The van der Waals surface area contributed by atoms with Gasteiger partial charge >= 0.3 is 0 Å². The van der Waals surface area contributed by atoms with E-state index in [-0.39, 0.29) is 0 Å². The second kappa shape index (κ2) is 8.62. The van der Waals surface area contributed by atoms with Gasteiger partial charge in [-0.25, -0.2) is 4.99 Å². The van der Waals surface area contributed by atoms with E-state index in [0.717, 1.165) is 17.7 Å². The van der Waals surface area contributed by atoms with Crippen molar-refractivity contribution in [2.24, 2.45) is 10.7 Å². The number of nitrogens with zero attached hydrogens (tertiary/aromatic N) is 1. The average Bonchev–Trinajstić information content (AvgIpc) is 2.56. The first kappa shape index (κ1) is 18.2. The smallest absolute Gasteiger partial charge is 0.159 e. The molecule has 122 valence electrons. The number of amidine groups is 1. The van der Waals surface area contributed by atoms with Gasteiger partial charge in [0.2, 0.25) is 0 Å². The van der Waals surface area contributed by atoms with Gasteiger partial charge in [0.15, 0.2) is 5.17 Å². The van der Waals surface area contributed by atoms with E-state index in [9.17, 15) is 0 Å². The Labute approximate surface area is 152 Å². The molecule has 0 aromatic heterocycles. The Morgan fingerprint density at radius 1 is 1.13 bits per heavy atom. The molecule has 2 N–H and O–H groups in total. The predicted octanol–water partition coefficient (Wildman–Crippen LogP) is 6.39. The fourth-order valence-corrected chi connectivity index (χ4v) is 3.04. The summed E-state index contributed by atoms with van der Waals surface area (Å²) in [6.45, 7) is 4.41. The minimum absolute atomic E-state index is 0.535. The van der Waals surface area contributed by atoms with E-state index in [1.54, 1.807) is 6.07 Å². The van der Waals surface area contributed by atoms with Gasteiger partial charge in [0.1, 0.15) is 0 Å². The molecular formula is C18H20Cl2N2S. The van der Waals surface area contributed by atoms with Crippen molar-refractivity contribution in [3.8, 4) is 0 Å². The lowest BCUT2D eigenvalue weighted by Gasteiger charge is -2.08. The summed E-state index contributed by atoms with van der Waals surface area (Å²) in [6.07, 6.45) is 1.13. The number of thioether (sulfide) groups is 1. The van der Waals surface area contributed by atoms with E-state index < -0.39 is 0 Å². The van der Waals surface area contributed by atoms with Crippen molar-refractivity contribution in [3.05, 3.63) is 63.6 Å². The van der Waals surface area contributed by atoms with Crippen molar-refractivity contribution >= 4 is 45.8 Å². The first-order valence-electron chi connectivity index (χ1n) is 7.50. The second-order valence-electron chi connectivity index (χ2n) is 5.39. The maximum absolute atomic E-state index is 6.01. The van der Waals surface area contributed by atoms with Crippen LogP contribution >= 0.6 is 35.0 Å². The number of hydrogen-bond acceptors (Lipinski definition) is 2. The Morgan fingerprint density at radius 2 is 1.83 bits per heavy atom. The lowest BCUT2D eigenvalue weighted by molar-refractivity contribution is 0.734. The summed E-state index contributed by atoms with van der Waals surface area (Å²) >= 11 is 13.4. The SMILES string of the molecule is CC[C@H](C)c1ccc(N=C(N)SCc2ccc(Cl)c(Cl)c2)cc1. The Bertz CT molecular complexity index is 684. The summed E-state index contributed by atoms with van der Waals surface area (Å²) < 4.78 is 0. The van der Waals surface area contributed by atoms with Gasteiger partial charge < -0.3 is 5.73 Å². The fourth-order valence-electron chi connectivity index (χ4n) is 2.06. The van der Waals surface area contributed by atoms with Crippen molar-refractivity contribution in [3.63, 3.8) is 0 Å². The first-order valence-corrected chi connectivity index (χ1v) is 9.24. The van der Waals surface area contributed by atoms with Crippen LogP contribution in [0.25, 0.3) is 0 Å². The highest BCUT2D eigenvalue weighted by Gasteiger charge is 2.04. The Morgan fingerprint density at radius 3 is 2.43 bits per heavy atom. The molecule has 2 aromatic carbocycles. The number of nitrogens with two attached hydrogens (primary N) is 1. The molecule has 0 bridgehead atoms. The number of halogens is 2. The van der Waals surface area contributed by atoms with Crippen molar-refractivity contribution in [1.29, 1.82) is 0 Å². The summed E-state index contributed by atoms with van der Waals surface area (Å²) in [5.74, 6) is 1.27. The highest BCUT2D eigenvalue weighted by atomic mass is 35.5. The molecule has 23 heavy (non-hydrogen) atoms. The topological polar surface area (TPSA) is 38.4 Å². The molecule has 1 atom stereocenters. The maximum Gasteiger partial charge on any atom is 0.159 e. The molecule has 2 rings (SSSR count). The van der Waals surface area contributed by atoms with Crippen LogP contribution in [0.15, 0.2) is 47.5 Å². The van der Waals surface area contributed by atoms with Gasteiger partial charge in [0.05, 0.1) is 15.7 Å². The standard InChI is InChI=1S/C18H20Cl2N2S/c1-3-12(2)14-5-7-15(8-6-14)22-18(21)23-11-13-4-9-16(19)17(20)10-13/h4-10,12H,3,11H2,1-2H3,(H2,21,22)/t12-/m0/s1. The van der Waals surface area contributed by atoms with Crippen LogP contribution in [0.2, 0.25) is 10.0 Å². The molecule has 0 aliphatic carbocycles. The first-order chi connectivity index (χ1) is 11.0. The van der Waals surface area contributed by atoms with E-state index in [0.29, 0.717) is 26.9 Å². The highest BCUT2D eigenvalue weighted by molar-refractivity contribution is 8.13. The monoisotopic (exact) mass is 366 g/mol. The molecule has 2 nitrogen and oxygen atoms in total.